The molecule has 3 aromatic rings. The fourth-order valence-electron chi connectivity index (χ4n) is 2.87. The van der Waals surface area contributed by atoms with E-state index in [1.165, 1.54) is 13.3 Å². The molecule has 8 nitrogen and oxygen atoms in total. The first-order valence-electron chi connectivity index (χ1n) is 9.51. The van der Waals surface area contributed by atoms with Crippen LogP contribution in [0.15, 0.2) is 74.6 Å². The van der Waals surface area contributed by atoms with Crippen molar-refractivity contribution in [2.75, 3.05) is 13.7 Å². The molecule has 0 fully saturated rings. The first-order valence-corrected chi connectivity index (χ1v) is 9.51. The number of hydrogen-bond donors (Lipinski definition) is 1. The van der Waals surface area contributed by atoms with Crippen LogP contribution in [-0.2, 0) is 11.3 Å². The molecule has 31 heavy (non-hydrogen) atoms. The molecule has 1 aromatic heterocycles. The van der Waals surface area contributed by atoms with Gasteiger partial charge in [0.25, 0.3) is 5.56 Å². The summed E-state index contributed by atoms with van der Waals surface area (Å²) in [5.41, 5.74) is 2.13. The SMILES string of the molecule is COCCn1c(O)c(C=Nc2ccc(N=Nc3ccccc3)cc2)c(C)c(C#N)c1=O. The molecule has 0 saturated carbocycles. The molecule has 0 bridgehead atoms. The molecule has 1 N–H and O–H groups in total. The molecule has 3 rings (SSSR count). The van der Waals surface area contributed by atoms with E-state index in [1.54, 1.807) is 31.2 Å². The number of nitrogens with zero attached hydrogens (tertiary/aromatic N) is 5. The zero-order valence-corrected chi connectivity index (χ0v) is 17.2. The molecule has 0 spiro atoms. The molecule has 8 heteroatoms. The highest BCUT2D eigenvalue weighted by Crippen LogP contribution is 2.23. The normalized spacial score (nSPS) is 11.3. The summed E-state index contributed by atoms with van der Waals surface area (Å²) in [7, 11) is 1.49. The lowest BCUT2D eigenvalue weighted by atomic mass is 10.1. The van der Waals surface area contributed by atoms with Crippen molar-refractivity contribution in [3.63, 3.8) is 0 Å². The van der Waals surface area contributed by atoms with Gasteiger partial charge in [-0.25, -0.2) is 0 Å². The number of nitriles is 1. The molecular weight excluding hydrogens is 394 g/mol. The van der Waals surface area contributed by atoms with Crippen molar-refractivity contribution in [3.8, 4) is 11.9 Å². The monoisotopic (exact) mass is 415 g/mol. The van der Waals surface area contributed by atoms with Gasteiger partial charge in [0.15, 0.2) is 0 Å². The molecule has 156 valence electrons. The van der Waals surface area contributed by atoms with Crippen LogP contribution >= 0.6 is 0 Å². The van der Waals surface area contributed by atoms with Crippen molar-refractivity contribution in [2.24, 2.45) is 15.2 Å². The molecule has 0 aliphatic rings. The summed E-state index contributed by atoms with van der Waals surface area (Å²) in [5.74, 6) is -0.254. The number of hydrogen-bond acceptors (Lipinski definition) is 7. The van der Waals surface area contributed by atoms with Crippen LogP contribution in [0, 0.1) is 18.3 Å². The zero-order chi connectivity index (χ0) is 22.2. The number of methoxy groups -OCH3 is 1. The number of ether oxygens (including phenoxy) is 1. The van der Waals surface area contributed by atoms with Crippen LogP contribution in [-0.4, -0.2) is 29.6 Å². The number of rotatable bonds is 7. The van der Waals surface area contributed by atoms with Gasteiger partial charge in [0, 0.05) is 13.3 Å². The van der Waals surface area contributed by atoms with E-state index in [-0.39, 0.29) is 24.6 Å². The lowest BCUT2D eigenvalue weighted by Crippen LogP contribution is -2.26. The average Bonchev–Trinajstić information content (AvgIpc) is 2.79. The standard InChI is InChI=1S/C23H21N5O3/c1-16-20(14-24)22(29)28(12-13-31-2)23(30)21(16)15-25-17-8-10-19(11-9-17)27-26-18-6-4-3-5-7-18/h3-11,15,30H,12-13H2,1-2H3. The fourth-order valence-corrected chi connectivity index (χ4v) is 2.87. The molecule has 0 unspecified atom stereocenters. The van der Waals surface area contributed by atoms with E-state index in [1.807, 2.05) is 36.4 Å². The Bertz CT molecular complexity index is 1210. The maximum absolute atomic E-state index is 12.4. The summed E-state index contributed by atoms with van der Waals surface area (Å²) in [6.45, 7) is 1.95. The van der Waals surface area contributed by atoms with Gasteiger partial charge >= 0.3 is 0 Å². The Hall–Kier alpha value is -4.09. The first kappa shape index (κ1) is 21.6. The van der Waals surface area contributed by atoms with Crippen LogP contribution in [0.5, 0.6) is 5.88 Å². The van der Waals surface area contributed by atoms with Crippen LogP contribution < -0.4 is 5.56 Å². The second-order valence-corrected chi connectivity index (χ2v) is 6.61. The topological polar surface area (TPSA) is 112 Å². The Labute approximate surface area is 179 Å². The minimum atomic E-state index is -0.556. The van der Waals surface area contributed by atoms with Crippen LogP contribution in [0.4, 0.5) is 17.1 Å². The maximum Gasteiger partial charge on any atom is 0.271 e. The van der Waals surface area contributed by atoms with E-state index in [0.717, 1.165) is 10.3 Å². The van der Waals surface area contributed by atoms with Crippen molar-refractivity contribution >= 4 is 23.3 Å². The third-order valence-electron chi connectivity index (χ3n) is 4.59. The van der Waals surface area contributed by atoms with E-state index in [2.05, 4.69) is 15.2 Å². The summed E-state index contributed by atoms with van der Waals surface area (Å²) >= 11 is 0. The van der Waals surface area contributed by atoms with Crippen LogP contribution in [0.1, 0.15) is 16.7 Å². The molecule has 0 atom stereocenters. The van der Waals surface area contributed by atoms with E-state index in [4.69, 9.17) is 4.74 Å². The maximum atomic E-state index is 12.4. The van der Waals surface area contributed by atoms with Crippen molar-refractivity contribution in [2.45, 2.75) is 13.5 Å². The molecular formula is C23H21N5O3. The van der Waals surface area contributed by atoms with E-state index < -0.39 is 5.56 Å². The highest BCUT2D eigenvalue weighted by atomic mass is 16.5. The zero-order valence-electron chi connectivity index (χ0n) is 17.2. The lowest BCUT2D eigenvalue weighted by Gasteiger charge is -2.13. The highest BCUT2D eigenvalue weighted by molar-refractivity contribution is 5.87. The van der Waals surface area contributed by atoms with Crippen molar-refractivity contribution in [1.29, 1.82) is 5.26 Å². The summed E-state index contributed by atoms with van der Waals surface area (Å²) in [5, 5.41) is 28.3. The highest BCUT2D eigenvalue weighted by Gasteiger charge is 2.17. The summed E-state index contributed by atoms with van der Waals surface area (Å²) in [4.78, 5) is 16.8. The minimum absolute atomic E-state index is 0.0352. The van der Waals surface area contributed by atoms with Gasteiger partial charge in [0.05, 0.1) is 35.8 Å². The second-order valence-electron chi connectivity index (χ2n) is 6.61. The summed E-state index contributed by atoms with van der Waals surface area (Å²) in [6, 6.07) is 18.4. The Morgan fingerprint density at radius 3 is 2.29 bits per heavy atom. The Morgan fingerprint density at radius 1 is 1.06 bits per heavy atom. The number of aromatic hydroxyl groups is 1. The number of azo groups is 1. The van der Waals surface area contributed by atoms with Crippen LogP contribution in [0.25, 0.3) is 0 Å². The number of aliphatic imine (C=N–C) groups is 1. The van der Waals surface area contributed by atoms with Gasteiger partial charge in [0.2, 0.25) is 5.88 Å². The Kier molecular flexibility index (Phi) is 7.04. The van der Waals surface area contributed by atoms with Gasteiger partial charge in [-0.3, -0.25) is 14.4 Å². The van der Waals surface area contributed by atoms with Gasteiger partial charge < -0.3 is 9.84 Å². The quantitative estimate of drug-likeness (QED) is 0.451. The summed E-state index contributed by atoms with van der Waals surface area (Å²) < 4.78 is 6.10. The molecule has 0 saturated heterocycles. The fraction of sp³-hybridized carbons (Fsp3) is 0.174. The first-order chi connectivity index (χ1) is 15.0. The van der Waals surface area contributed by atoms with Crippen molar-refractivity contribution < 1.29 is 9.84 Å². The van der Waals surface area contributed by atoms with Crippen LogP contribution in [0.3, 0.4) is 0 Å². The van der Waals surface area contributed by atoms with E-state index >= 15 is 0 Å². The average molecular weight is 415 g/mol. The largest absolute Gasteiger partial charge is 0.494 e. The van der Waals surface area contributed by atoms with Gasteiger partial charge in [-0.1, -0.05) is 18.2 Å². The smallest absolute Gasteiger partial charge is 0.271 e. The lowest BCUT2D eigenvalue weighted by molar-refractivity contribution is 0.182. The number of aromatic nitrogens is 1. The second kappa shape index (κ2) is 10.1. The van der Waals surface area contributed by atoms with E-state index in [0.29, 0.717) is 22.5 Å². The number of benzene rings is 2. The molecule has 2 aromatic carbocycles. The van der Waals surface area contributed by atoms with Gasteiger partial charge in [-0.15, -0.1) is 0 Å². The van der Waals surface area contributed by atoms with Crippen LogP contribution in [0.2, 0.25) is 0 Å². The Morgan fingerprint density at radius 2 is 1.68 bits per heavy atom. The Balaban J connectivity index is 1.87. The third-order valence-corrected chi connectivity index (χ3v) is 4.59. The number of pyridine rings is 1. The van der Waals surface area contributed by atoms with Crippen molar-refractivity contribution in [3.05, 3.63) is 81.6 Å². The van der Waals surface area contributed by atoms with E-state index in [9.17, 15) is 15.2 Å². The molecule has 1 heterocycles. The third kappa shape index (κ3) is 5.10. The van der Waals surface area contributed by atoms with Gasteiger partial charge in [-0.05, 0) is 48.9 Å². The molecule has 0 aliphatic carbocycles. The predicted octanol–water partition coefficient (Wildman–Crippen LogP) is 4.55. The van der Waals surface area contributed by atoms with Gasteiger partial charge in [0.1, 0.15) is 11.6 Å². The summed E-state index contributed by atoms with van der Waals surface area (Å²) in [6.07, 6.45) is 1.44. The minimum Gasteiger partial charge on any atom is -0.494 e. The molecule has 0 aliphatic heterocycles. The predicted molar refractivity (Wildman–Crippen MR) is 118 cm³/mol. The van der Waals surface area contributed by atoms with Gasteiger partial charge in [-0.2, -0.15) is 15.5 Å². The molecule has 0 amide bonds. The van der Waals surface area contributed by atoms with Crippen molar-refractivity contribution in [1.82, 2.24) is 4.57 Å². The molecule has 0 radical (unpaired) electrons.